The number of nitrogens with two attached hydrogens (primary N) is 1. The number of fused-ring (bicyclic) bond motifs is 1. The van der Waals surface area contributed by atoms with Gasteiger partial charge in [0.1, 0.15) is 12.1 Å². The number of benzene rings is 1. The van der Waals surface area contributed by atoms with Crippen molar-refractivity contribution in [1.82, 2.24) is 19.5 Å². The Hall–Kier alpha value is -2.83. The molecule has 3 aromatic rings. The fourth-order valence-electron chi connectivity index (χ4n) is 2.19. The van der Waals surface area contributed by atoms with Crippen molar-refractivity contribution in [1.29, 1.82) is 0 Å². The molecule has 0 radical (unpaired) electrons. The molecule has 0 saturated carbocycles. The number of nitrogens with zero attached hydrogens (tertiary/aromatic N) is 4. The summed E-state index contributed by atoms with van der Waals surface area (Å²) < 4.78 is 12.6. The Bertz CT molecular complexity index is 784. The second-order valence-electron chi connectivity index (χ2n) is 4.26. The van der Waals surface area contributed by atoms with Crippen LogP contribution in [0.5, 0.6) is 11.6 Å². The van der Waals surface area contributed by atoms with Crippen molar-refractivity contribution in [3.8, 4) is 17.3 Å². The average Bonchev–Trinajstić information content (AvgIpc) is 2.84. The highest BCUT2D eigenvalue weighted by molar-refractivity contribution is 5.81. The van der Waals surface area contributed by atoms with Crippen LogP contribution in [0.15, 0.2) is 30.6 Å². The highest BCUT2D eigenvalue weighted by atomic mass is 16.5. The van der Waals surface area contributed by atoms with Crippen molar-refractivity contribution in [3.63, 3.8) is 0 Å². The second kappa shape index (κ2) is 5.28. The van der Waals surface area contributed by atoms with E-state index in [2.05, 4.69) is 15.0 Å². The molecule has 2 heterocycles. The van der Waals surface area contributed by atoms with Gasteiger partial charge in [-0.05, 0) is 19.1 Å². The maximum Gasteiger partial charge on any atom is 0.245 e. The molecular formula is C14H15N5O2. The summed E-state index contributed by atoms with van der Waals surface area (Å²) in [6, 6.07) is 7.58. The first-order valence-corrected chi connectivity index (χ1v) is 6.51. The van der Waals surface area contributed by atoms with Crippen LogP contribution >= 0.6 is 0 Å². The van der Waals surface area contributed by atoms with Gasteiger partial charge in [0.15, 0.2) is 11.2 Å². The van der Waals surface area contributed by atoms with Gasteiger partial charge in [0.05, 0.1) is 19.4 Å². The van der Waals surface area contributed by atoms with Gasteiger partial charge < -0.3 is 15.2 Å². The van der Waals surface area contributed by atoms with Gasteiger partial charge in [-0.3, -0.25) is 4.57 Å². The van der Waals surface area contributed by atoms with E-state index in [0.717, 1.165) is 5.69 Å². The molecule has 0 atom stereocenters. The zero-order valence-electron chi connectivity index (χ0n) is 11.8. The number of para-hydroxylation sites is 2. The molecule has 0 aliphatic heterocycles. The van der Waals surface area contributed by atoms with Crippen molar-refractivity contribution in [2.24, 2.45) is 0 Å². The number of rotatable bonds is 4. The lowest BCUT2D eigenvalue weighted by atomic mass is 10.3. The summed E-state index contributed by atoms with van der Waals surface area (Å²) >= 11 is 0. The molecule has 0 saturated heterocycles. The zero-order valence-corrected chi connectivity index (χ0v) is 11.8. The van der Waals surface area contributed by atoms with E-state index >= 15 is 0 Å². The monoisotopic (exact) mass is 285 g/mol. The van der Waals surface area contributed by atoms with Crippen LogP contribution in [-0.2, 0) is 0 Å². The van der Waals surface area contributed by atoms with Gasteiger partial charge in [0.2, 0.25) is 11.8 Å². The summed E-state index contributed by atoms with van der Waals surface area (Å²) in [5.74, 6) is 1.40. The molecule has 21 heavy (non-hydrogen) atoms. The zero-order chi connectivity index (χ0) is 14.8. The predicted octanol–water partition coefficient (Wildman–Crippen LogP) is 1.80. The molecule has 0 aliphatic carbocycles. The lowest BCUT2D eigenvalue weighted by molar-refractivity contribution is 0.339. The van der Waals surface area contributed by atoms with Crippen LogP contribution in [-0.4, -0.2) is 33.2 Å². The van der Waals surface area contributed by atoms with E-state index in [9.17, 15) is 0 Å². The summed E-state index contributed by atoms with van der Waals surface area (Å²) in [7, 11) is 1.53. The van der Waals surface area contributed by atoms with E-state index in [1.165, 1.54) is 13.4 Å². The number of hydrogen-bond donors (Lipinski definition) is 1. The van der Waals surface area contributed by atoms with E-state index in [1.54, 1.807) is 4.57 Å². The number of anilines is 1. The smallest absolute Gasteiger partial charge is 0.245 e. The second-order valence-corrected chi connectivity index (χ2v) is 4.26. The Balaban J connectivity index is 2.28. The fourth-order valence-corrected chi connectivity index (χ4v) is 2.19. The minimum Gasteiger partial charge on any atom is -0.492 e. The first kappa shape index (κ1) is 13.2. The molecule has 2 aromatic heterocycles. The van der Waals surface area contributed by atoms with Crippen molar-refractivity contribution >= 4 is 17.1 Å². The highest BCUT2D eigenvalue weighted by Crippen LogP contribution is 2.30. The SMILES string of the molecule is CCOc1ccccc1-n1c(N)nc2c(OC)ncnc21. The van der Waals surface area contributed by atoms with Crippen molar-refractivity contribution < 1.29 is 9.47 Å². The van der Waals surface area contributed by atoms with Crippen LogP contribution in [0.25, 0.3) is 16.9 Å². The van der Waals surface area contributed by atoms with E-state index < -0.39 is 0 Å². The standard InChI is InChI=1S/C14H15N5O2/c1-3-21-10-7-5-4-6-9(10)19-12-11(18-14(19)15)13(20-2)17-8-16-12/h4-8H,3H2,1-2H3,(H2,15,18). The van der Waals surface area contributed by atoms with E-state index in [-0.39, 0.29) is 0 Å². The van der Waals surface area contributed by atoms with Gasteiger partial charge >= 0.3 is 0 Å². The number of ether oxygens (including phenoxy) is 2. The normalized spacial score (nSPS) is 10.8. The Morgan fingerprint density at radius 3 is 2.81 bits per heavy atom. The highest BCUT2D eigenvalue weighted by Gasteiger charge is 2.18. The number of hydrogen-bond acceptors (Lipinski definition) is 6. The third kappa shape index (κ3) is 2.12. The van der Waals surface area contributed by atoms with Crippen molar-refractivity contribution in [2.75, 3.05) is 19.5 Å². The molecule has 2 N–H and O–H groups in total. The van der Waals surface area contributed by atoms with Gasteiger partial charge in [-0.2, -0.15) is 4.98 Å². The van der Waals surface area contributed by atoms with Crippen LogP contribution in [0.4, 0.5) is 5.95 Å². The van der Waals surface area contributed by atoms with Gasteiger partial charge in [0.25, 0.3) is 0 Å². The first-order valence-electron chi connectivity index (χ1n) is 6.51. The van der Waals surface area contributed by atoms with Gasteiger partial charge in [0, 0.05) is 0 Å². The molecule has 0 fully saturated rings. The number of imidazole rings is 1. The molecule has 0 aliphatic rings. The molecule has 7 nitrogen and oxygen atoms in total. The van der Waals surface area contributed by atoms with Crippen LogP contribution in [0.3, 0.4) is 0 Å². The lowest BCUT2D eigenvalue weighted by Gasteiger charge is -2.12. The first-order chi connectivity index (χ1) is 10.3. The van der Waals surface area contributed by atoms with Crippen LogP contribution in [0, 0.1) is 0 Å². The molecule has 3 rings (SSSR count). The van der Waals surface area contributed by atoms with E-state index in [1.807, 2.05) is 31.2 Å². The third-order valence-corrected chi connectivity index (χ3v) is 3.04. The molecular weight excluding hydrogens is 270 g/mol. The summed E-state index contributed by atoms with van der Waals surface area (Å²) in [6.07, 6.45) is 1.42. The Morgan fingerprint density at radius 1 is 1.24 bits per heavy atom. The molecule has 0 unspecified atom stereocenters. The number of nitrogen functional groups attached to an aromatic ring is 1. The topological polar surface area (TPSA) is 88.1 Å². The molecule has 0 spiro atoms. The minimum atomic E-state index is 0.302. The Kier molecular flexibility index (Phi) is 3.31. The summed E-state index contributed by atoms with van der Waals surface area (Å²) in [6.45, 7) is 2.49. The molecule has 0 bridgehead atoms. The largest absolute Gasteiger partial charge is 0.492 e. The maximum absolute atomic E-state index is 6.05. The average molecular weight is 285 g/mol. The van der Waals surface area contributed by atoms with Gasteiger partial charge in [-0.1, -0.05) is 12.1 Å². The molecule has 0 amide bonds. The molecule has 108 valence electrons. The quantitative estimate of drug-likeness (QED) is 0.786. The van der Waals surface area contributed by atoms with E-state index in [0.29, 0.717) is 35.3 Å². The summed E-state index contributed by atoms with van der Waals surface area (Å²) in [5.41, 5.74) is 7.92. The number of aromatic nitrogens is 4. The van der Waals surface area contributed by atoms with Crippen LogP contribution in [0.1, 0.15) is 6.92 Å². The van der Waals surface area contributed by atoms with Crippen molar-refractivity contribution in [2.45, 2.75) is 6.92 Å². The third-order valence-electron chi connectivity index (χ3n) is 3.04. The summed E-state index contributed by atoms with van der Waals surface area (Å²) in [4.78, 5) is 12.6. The Labute approximate surface area is 121 Å². The van der Waals surface area contributed by atoms with Crippen molar-refractivity contribution in [3.05, 3.63) is 30.6 Å². The lowest BCUT2D eigenvalue weighted by Crippen LogP contribution is -2.04. The predicted molar refractivity (Wildman–Crippen MR) is 78.8 cm³/mol. The molecule has 1 aromatic carbocycles. The fraction of sp³-hybridized carbons (Fsp3) is 0.214. The maximum atomic E-state index is 6.05. The minimum absolute atomic E-state index is 0.302. The molecule has 7 heteroatoms. The van der Waals surface area contributed by atoms with Crippen LogP contribution in [0.2, 0.25) is 0 Å². The van der Waals surface area contributed by atoms with Gasteiger partial charge in [-0.25, -0.2) is 9.97 Å². The Morgan fingerprint density at radius 2 is 2.05 bits per heavy atom. The summed E-state index contributed by atoms with van der Waals surface area (Å²) in [5, 5.41) is 0. The van der Waals surface area contributed by atoms with Crippen LogP contribution < -0.4 is 15.2 Å². The number of methoxy groups -OCH3 is 1. The van der Waals surface area contributed by atoms with E-state index in [4.69, 9.17) is 15.2 Å². The van der Waals surface area contributed by atoms with Gasteiger partial charge in [-0.15, -0.1) is 0 Å².